The Morgan fingerprint density at radius 2 is 1.48 bits per heavy atom. The number of nitrogens with zero attached hydrogens (tertiary/aromatic N) is 1. The highest BCUT2D eigenvalue weighted by atomic mass is 16.5. The predicted molar refractivity (Wildman–Crippen MR) is 131 cm³/mol. The van der Waals surface area contributed by atoms with Gasteiger partial charge in [0.1, 0.15) is 23.0 Å². The third-order valence-corrected chi connectivity index (χ3v) is 4.99. The Labute approximate surface area is 194 Å². The number of nitrogens with one attached hydrogen (secondary N) is 1. The molecule has 0 spiro atoms. The number of anilines is 2. The van der Waals surface area contributed by atoms with E-state index in [0.29, 0.717) is 35.2 Å². The highest BCUT2D eigenvalue weighted by Crippen LogP contribution is 2.33. The molecule has 0 aromatic heterocycles. The monoisotopic (exact) mass is 448 g/mol. The molecule has 0 aliphatic carbocycles. The molecule has 33 heavy (non-hydrogen) atoms. The zero-order valence-corrected chi connectivity index (χ0v) is 19.2. The molecular weight excluding hydrogens is 420 g/mol. The largest absolute Gasteiger partial charge is 0.497 e. The summed E-state index contributed by atoms with van der Waals surface area (Å²) in [4.78, 5) is 14.9. The average Bonchev–Trinajstić information content (AvgIpc) is 2.87. The highest BCUT2D eigenvalue weighted by Gasteiger charge is 2.19. The maximum atomic E-state index is 13.3. The number of hydrogen-bond acceptors (Lipinski definition) is 5. The molecule has 0 fully saturated rings. The number of hydrogen-bond donors (Lipinski definition) is 1. The molecule has 2 amide bonds. The van der Waals surface area contributed by atoms with Crippen molar-refractivity contribution in [3.05, 3.63) is 78.4 Å². The van der Waals surface area contributed by atoms with Crippen LogP contribution in [0.2, 0.25) is 0 Å². The van der Waals surface area contributed by atoms with Crippen LogP contribution < -0.4 is 29.2 Å². The Bertz CT molecular complexity index is 1100. The second-order valence-corrected chi connectivity index (χ2v) is 6.95. The number of carbonyl (C=O) groups is 1. The smallest absolute Gasteiger partial charge is 0.326 e. The maximum absolute atomic E-state index is 13.3. The second-order valence-electron chi connectivity index (χ2n) is 6.95. The molecule has 0 saturated heterocycles. The summed E-state index contributed by atoms with van der Waals surface area (Å²) in [5.74, 6) is 2.62. The van der Waals surface area contributed by atoms with Gasteiger partial charge in [0.2, 0.25) is 0 Å². The molecule has 0 heterocycles. The van der Waals surface area contributed by atoms with Gasteiger partial charge in [0.15, 0.2) is 0 Å². The number of carbonyl (C=O) groups excluding carboxylic acids is 1. The van der Waals surface area contributed by atoms with Crippen molar-refractivity contribution < 1.29 is 23.7 Å². The third kappa shape index (κ3) is 5.98. The van der Waals surface area contributed by atoms with Crippen LogP contribution in [0.4, 0.5) is 16.2 Å². The van der Waals surface area contributed by atoms with Crippen molar-refractivity contribution in [2.75, 3.05) is 45.2 Å². The topological polar surface area (TPSA) is 69.3 Å². The van der Waals surface area contributed by atoms with Crippen molar-refractivity contribution in [1.29, 1.82) is 0 Å². The van der Waals surface area contributed by atoms with E-state index >= 15 is 0 Å². The Morgan fingerprint density at radius 1 is 0.818 bits per heavy atom. The van der Waals surface area contributed by atoms with Gasteiger partial charge in [-0.15, -0.1) is 0 Å². The summed E-state index contributed by atoms with van der Waals surface area (Å²) in [5, 5.41) is 2.93. The van der Waals surface area contributed by atoms with Gasteiger partial charge in [-0.2, -0.15) is 0 Å². The number of urea groups is 1. The molecule has 3 aromatic rings. The first kappa shape index (κ1) is 23.5. The fraction of sp³-hybridized carbons (Fsp3) is 0.192. The van der Waals surface area contributed by atoms with Gasteiger partial charge in [-0.05, 0) is 42.5 Å². The molecule has 0 bridgehead atoms. The Balaban J connectivity index is 1.90. The maximum Gasteiger partial charge on any atom is 0.326 e. The molecule has 0 saturated carbocycles. The van der Waals surface area contributed by atoms with Gasteiger partial charge in [0.25, 0.3) is 0 Å². The lowest BCUT2D eigenvalue weighted by Gasteiger charge is -2.24. The number of methoxy groups -OCH3 is 4. The minimum Gasteiger partial charge on any atom is -0.497 e. The van der Waals surface area contributed by atoms with Gasteiger partial charge < -0.3 is 24.3 Å². The summed E-state index contributed by atoms with van der Waals surface area (Å²) in [5.41, 5.74) is 2.16. The molecule has 3 aromatic carbocycles. The molecule has 7 nitrogen and oxygen atoms in total. The molecular formula is C26H28N2O5. The van der Waals surface area contributed by atoms with Crippen molar-refractivity contribution in [2.45, 2.75) is 0 Å². The number of amides is 2. The summed E-state index contributed by atoms with van der Waals surface area (Å²) in [7, 11) is 6.37. The number of para-hydroxylation sites is 1. The zero-order chi connectivity index (χ0) is 23.6. The van der Waals surface area contributed by atoms with Gasteiger partial charge in [0, 0.05) is 23.9 Å². The SMILES string of the molecule is COc1ccc(NC(=O)N(C/C=C/c2ccccc2OC)c2ccc(OC)cc2OC)cc1. The summed E-state index contributed by atoms with van der Waals surface area (Å²) >= 11 is 0. The number of benzene rings is 3. The van der Waals surface area contributed by atoms with Crippen molar-refractivity contribution in [3.8, 4) is 23.0 Å². The first-order chi connectivity index (χ1) is 16.1. The summed E-state index contributed by atoms with van der Waals surface area (Å²) < 4.78 is 21.4. The van der Waals surface area contributed by atoms with Crippen molar-refractivity contribution in [2.24, 2.45) is 0 Å². The molecule has 0 unspecified atom stereocenters. The minimum atomic E-state index is -0.312. The van der Waals surface area contributed by atoms with E-state index in [1.54, 1.807) is 75.8 Å². The zero-order valence-electron chi connectivity index (χ0n) is 19.2. The number of rotatable bonds is 9. The van der Waals surface area contributed by atoms with Crippen LogP contribution in [-0.2, 0) is 0 Å². The Morgan fingerprint density at radius 3 is 2.15 bits per heavy atom. The van der Waals surface area contributed by atoms with Crippen molar-refractivity contribution >= 4 is 23.5 Å². The molecule has 0 aliphatic heterocycles. The lowest BCUT2D eigenvalue weighted by atomic mass is 10.2. The third-order valence-electron chi connectivity index (χ3n) is 4.99. The summed E-state index contributed by atoms with van der Waals surface area (Å²) in [6, 6.07) is 19.8. The molecule has 7 heteroatoms. The Hall–Kier alpha value is -4.13. The van der Waals surface area contributed by atoms with E-state index in [9.17, 15) is 4.79 Å². The van der Waals surface area contributed by atoms with Crippen molar-refractivity contribution in [1.82, 2.24) is 0 Å². The normalized spacial score (nSPS) is 10.5. The van der Waals surface area contributed by atoms with Crippen LogP contribution in [0.15, 0.2) is 72.8 Å². The number of ether oxygens (including phenoxy) is 4. The molecule has 3 rings (SSSR count). The lowest BCUT2D eigenvalue weighted by Crippen LogP contribution is -2.35. The molecule has 172 valence electrons. The van der Waals surface area contributed by atoms with Crippen LogP contribution in [0.5, 0.6) is 23.0 Å². The van der Waals surface area contributed by atoms with E-state index in [2.05, 4.69) is 5.32 Å². The van der Waals surface area contributed by atoms with E-state index in [1.165, 1.54) is 0 Å². The van der Waals surface area contributed by atoms with Gasteiger partial charge in [0.05, 0.1) is 34.1 Å². The van der Waals surface area contributed by atoms with Gasteiger partial charge in [-0.1, -0.05) is 30.4 Å². The first-order valence-corrected chi connectivity index (χ1v) is 10.3. The minimum absolute atomic E-state index is 0.294. The predicted octanol–water partition coefficient (Wildman–Crippen LogP) is 5.47. The quantitative estimate of drug-likeness (QED) is 0.470. The van der Waals surface area contributed by atoms with Crippen LogP contribution in [0, 0.1) is 0 Å². The van der Waals surface area contributed by atoms with Gasteiger partial charge >= 0.3 is 6.03 Å². The average molecular weight is 449 g/mol. The highest BCUT2D eigenvalue weighted by molar-refractivity contribution is 6.03. The summed E-state index contributed by atoms with van der Waals surface area (Å²) in [6.45, 7) is 0.294. The van der Waals surface area contributed by atoms with E-state index in [4.69, 9.17) is 18.9 Å². The van der Waals surface area contributed by atoms with Gasteiger partial charge in [-0.3, -0.25) is 4.90 Å². The van der Waals surface area contributed by atoms with Crippen LogP contribution in [-0.4, -0.2) is 41.0 Å². The van der Waals surface area contributed by atoms with Crippen LogP contribution in [0.1, 0.15) is 5.56 Å². The molecule has 0 aliphatic rings. The fourth-order valence-corrected chi connectivity index (χ4v) is 3.25. The van der Waals surface area contributed by atoms with Crippen LogP contribution in [0.3, 0.4) is 0 Å². The van der Waals surface area contributed by atoms with Crippen LogP contribution in [0.25, 0.3) is 6.08 Å². The van der Waals surface area contributed by atoms with E-state index in [0.717, 1.165) is 11.3 Å². The lowest BCUT2D eigenvalue weighted by molar-refractivity contribution is 0.257. The van der Waals surface area contributed by atoms with E-state index in [-0.39, 0.29) is 6.03 Å². The Kier molecular flexibility index (Phi) is 8.18. The molecule has 0 radical (unpaired) electrons. The molecule has 1 N–H and O–H groups in total. The standard InChI is InChI=1S/C26H28N2O5/c1-30-21-13-11-20(12-14-21)27-26(29)28(23-16-15-22(31-2)18-25(23)33-4)17-7-9-19-8-5-6-10-24(19)32-3/h5-16,18H,17H2,1-4H3,(H,27,29)/b9-7+. The van der Waals surface area contributed by atoms with Crippen LogP contribution >= 0.6 is 0 Å². The van der Waals surface area contributed by atoms with E-state index in [1.807, 2.05) is 36.4 Å². The first-order valence-electron chi connectivity index (χ1n) is 10.3. The second kappa shape index (κ2) is 11.5. The van der Waals surface area contributed by atoms with E-state index < -0.39 is 0 Å². The van der Waals surface area contributed by atoms with Gasteiger partial charge in [-0.25, -0.2) is 4.79 Å². The van der Waals surface area contributed by atoms with Crippen molar-refractivity contribution in [3.63, 3.8) is 0 Å². The summed E-state index contributed by atoms with van der Waals surface area (Å²) in [6.07, 6.45) is 3.82. The molecule has 0 atom stereocenters. The fourth-order valence-electron chi connectivity index (χ4n) is 3.25.